The van der Waals surface area contributed by atoms with Crippen molar-refractivity contribution in [3.8, 4) is 0 Å². The van der Waals surface area contributed by atoms with Crippen LogP contribution in [0.1, 0.15) is 37.4 Å². The van der Waals surface area contributed by atoms with Gasteiger partial charge >= 0.3 is 0 Å². The summed E-state index contributed by atoms with van der Waals surface area (Å²) in [5.41, 5.74) is 9.53. The van der Waals surface area contributed by atoms with Crippen molar-refractivity contribution >= 4 is 41.0 Å². The van der Waals surface area contributed by atoms with Crippen molar-refractivity contribution in [2.45, 2.75) is 44.8 Å². The molecule has 0 spiro atoms. The summed E-state index contributed by atoms with van der Waals surface area (Å²) in [5, 5.41) is 4.86. The van der Waals surface area contributed by atoms with Crippen LogP contribution in [-0.4, -0.2) is 85.0 Å². The second kappa shape index (κ2) is 12.8. The molecule has 0 saturated carbocycles. The number of anilines is 3. The Balaban J connectivity index is 1.33. The number of nitrogen functional groups attached to an aromatic ring is 1. The quantitative estimate of drug-likeness (QED) is 0.191. The molecule has 0 aliphatic carbocycles. The molecule has 1 aromatic heterocycles. The molecule has 1 unspecified atom stereocenters. The Labute approximate surface area is 231 Å². The Kier molecular flexibility index (Phi) is 9.43. The lowest BCUT2D eigenvalue weighted by Gasteiger charge is -2.47. The number of likely N-dealkylation sites (tertiary alicyclic amines) is 1. The molecule has 1 aromatic carbocycles. The Morgan fingerprint density at radius 1 is 1.21 bits per heavy atom. The molecule has 206 valence electrons. The highest BCUT2D eigenvalue weighted by atomic mass is 35.5. The molecule has 3 heterocycles. The van der Waals surface area contributed by atoms with Gasteiger partial charge in [0.05, 0.1) is 11.4 Å². The first-order chi connectivity index (χ1) is 18.3. The van der Waals surface area contributed by atoms with E-state index in [0.29, 0.717) is 40.3 Å². The SMILES string of the molecule is C=C(NC)c1nc(Cl)c(N2CCN(C3CCN(Cc4ccc(N(N)C=NC)cc4)CC3)C(CC)C2)nc1N. The molecule has 5 N–H and O–H groups in total. The zero-order valence-corrected chi connectivity index (χ0v) is 23.5. The van der Waals surface area contributed by atoms with E-state index in [4.69, 9.17) is 23.2 Å². The number of rotatable bonds is 9. The summed E-state index contributed by atoms with van der Waals surface area (Å²) < 4.78 is 0. The summed E-state index contributed by atoms with van der Waals surface area (Å²) in [6.07, 6.45) is 5.02. The molecule has 11 heteroatoms. The van der Waals surface area contributed by atoms with Crippen LogP contribution in [0.4, 0.5) is 17.3 Å². The molecular formula is C27H41ClN10. The third kappa shape index (κ3) is 6.37. The van der Waals surface area contributed by atoms with Gasteiger partial charge < -0.3 is 16.0 Å². The Bertz CT molecular complexity index is 1110. The Hall–Kier alpha value is -2.92. The number of aliphatic imine (C=N–C) groups is 1. The van der Waals surface area contributed by atoms with Gasteiger partial charge in [0, 0.05) is 52.4 Å². The molecule has 38 heavy (non-hydrogen) atoms. The van der Waals surface area contributed by atoms with E-state index in [-0.39, 0.29) is 0 Å². The molecule has 2 saturated heterocycles. The van der Waals surface area contributed by atoms with Gasteiger partial charge in [-0.15, -0.1) is 0 Å². The first-order valence-electron chi connectivity index (χ1n) is 13.3. The lowest BCUT2D eigenvalue weighted by atomic mass is 9.98. The van der Waals surface area contributed by atoms with Crippen LogP contribution in [0.5, 0.6) is 0 Å². The third-order valence-electron chi connectivity index (χ3n) is 7.66. The summed E-state index contributed by atoms with van der Waals surface area (Å²) >= 11 is 6.56. The standard InChI is InChI=1S/C27H41ClN10/c1-5-21-17-36(27-25(28)33-24(19(2)32-4)26(29)34-27)14-15-37(21)22-10-12-35(13-11-22)16-20-6-8-23(9-7-20)38(30)18-31-3/h6-9,18,21-22,32H,2,5,10-17,30H2,1,3-4H3,(H2,29,34). The zero-order chi connectivity index (χ0) is 27.2. The minimum atomic E-state index is 0.344. The highest BCUT2D eigenvalue weighted by Crippen LogP contribution is 2.31. The number of aromatic nitrogens is 2. The summed E-state index contributed by atoms with van der Waals surface area (Å²) in [4.78, 5) is 20.5. The molecular weight excluding hydrogens is 500 g/mol. The summed E-state index contributed by atoms with van der Waals surface area (Å²) in [6, 6.07) is 9.42. The van der Waals surface area contributed by atoms with Crippen LogP contribution in [0, 0.1) is 0 Å². The van der Waals surface area contributed by atoms with Gasteiger partial charge in [-0.3, -0.25) is 19.8 Å². The Morgan fingerprint density at radius 3 is 2.55 bits per heavy atom. The maximum absolute atomic E-state index is 6.56. The normalized spacial score (nSPS) is 19.7. The topological polar surface area (TPSA) is 115 Å². The molecule has 0 radical (unpaired) electrons. The van der Waals surface area contributed by atoms with Crippen molar-refractivity contribution in [3.05, 3.63) is 47.3 Å². The minimum absolute atomic E-state index is 0.344. The number of piperazine rings is 1. The maximum atomic E-state index is 6.56. The van der Waals surface area contributed by atoms with Gasteiger partial charge in [0.15, 0.2) is 16.8 Å². The number of piperidine rings is 1. The molecule has 1 atom stereocenters. The van der Waals surface area contributed by atoms with E-state index in [9.17, 15) is 0 Å². The molecule has 2 aliphatic rings. The number of nitrogens with one attached hydrogen (secondary N) is 1. The fourth-order valence-corrected chi connectivity index (χ4v) is 5.74. The maximum Gasteiger partial charge on any atom is 0.172 e. The lowest BCUT2D eigenvalue weighted by molar-refractivity contribution is 0.0610. The van der Waals surface area contributed by atoms with Crippen molar-refractivity contribution < 1.29 is 0 Å². The van der Waals surface area contributed by atoms with E-state index in [2.05, 4.69) is 60.6 Å². The first-order valence-corrected chi connectivity index (χ1v) is 13.7. The smallest absolute Gasteiger partial charge is 0.172 e. The van der Waals surface area contributed by atoms with Gasteiger partial charge in [-0.1, -0.05) is 37.2 Å². The average molecular weight is 541 g/mol. The second-order valence-electron chi connectivity index (χ2n) is 10.0. The average Bonchev–Trinajstić information content (AvgIpc) is 2.94. The van der Waals surface area contributed by atoms with Crippen molar-refractivity contribution in [1.82, 2.24) is 25.1 Å². The fraction of sp³-hybridized carbons (Fsp3) is 0.519. The largest absolute Gasteiger partial charge is 0.387 e. The van der Waals surface area contributed by atoms with Crippen LogP contribution in [0.2, 0.25) is 5.15 Å². The number of nitrogens with two attached hydrogens (primary N) is 2. The Morgan fingerprint density at radius 2 is 1.92 bits per heavy atom. The number of benzene rings is 1. The molecule has 2 aromatic rings. The lowest BCUT2D eigenvalue weighted by Crippen LogP contribution is -2.58. The number of hydrogen-bond acceptors (Lipinski definition) is 9. The number of nitrogens with zero attached hydrogens (tertiary/aromatic N) is 7. The van der Waals surface area contributed by atoms with Crippen LogP contribution < -0.4 is 26.8 Å². The molecule has 2 aliphatic heterocycles. The van der Waals surface area contributed by atoms with Crippen LogP contribution in [0.15, 0.2) is 35.8 Å². The van der Waals surface area contributed by atoms with Gasteiger partial charge in [-0.25, -0.2) is 15.8 Å². The van der Waals surface area contributed by atoms with Gasteiger partial charge in [-0.2, -0.15) is 0 Å². The van der Waals surface area contributed by atoms with Crippen molar-refractivity contribution in [2.24, 2.45) is 10.8 Å². The van der Waals surface area contributed by atoms with Crippen LogP contribution in [0.3, 0.4) is 0 Å². The van der Waals surface area contributed by atoms with Crippen LogP contribution in [-0.2, 0) is 6.54 Å². The molecule has 4 rings (SSSR count). The molecule has 2 fully saturated rings. The second-order valence-corrected chi connectivity index (χ2v) is 10.4. The zero-order valence-electron chi connectivity index (χ0n) is 22.8. The van der Waals surface area contributed by atoms with Gasteiger partial charge in [-0.05, 0) is 50.0 Å². The van der Waals surface area contributed by atoms with E-state index in [1.165, 1.54) is 23.4 Å². The van der Waals surface area contributed by atoms with Crippen LogP contribution >= 0.6 is 11.6 Å². The highest BCUT2D eigenvalue weighted by Gasteiger charge is 2.34. The van der Waals surface area contributed by atoms with Crippen molar-refractivity contribution in [1.29, 1.82) is 0 Å². The van der Waals surface area contributed by atoms with E-state index >= 15 is 0 Å². The predicted octanol–water partition coefficient (Wildman–Crippen LogP) is 2.81. The summed E-state index contributed by atoms with van der Waals surface area (Å²) in [5.74, 6) is 6.97. The fourth-order valence-electron chi connectivity index (χ4n) is 5.50. The van der Waals surface area contributed by atoms with E-state index in [1.807, 2.05) is 12.1 Å². The van der Waals surface area contributed by atoms with E-state index in [1.54, 1.807) is 20.4 Å². The van der Waals surface area contributed by atoms with Crippen molar-refractivity contribution in [3.63, 3.8) is 0 Å². The molecule has 0 bridgehead atoms. The minimum Gasteiger partial charge on any atom is -0.387 e. The van der Waals surface area contributed by atoms with E-state index < -0.39 is 0 Å². The van der Waals surface area contributed by atoms with Crippen molar-refractivity contribution in [2.75, 3.05) is 62.5 Å². The molecule has 0 amide bonds. The van der Waals surface area contributed by atoms with Gasteiger partial charge in [0.1, 0.15) is 12.0 Å². The molecule has 10 nitrogen and oxygen atoms in total. The van der Waals surface area contributed by atoms with Crippen LogP contribution in [0.25, 0.3) is 5.70 Å². The first kappa shape index (κ1) is 28.1. The van der Waals surface area contributed by atoms with Gasteiger partial charge in [0.25, 0.3) is 0 Å². The monoisotopic (exact) mass is 540 g/mol. The summed E-state index contributed by atoms with van der Waals surface area (Å²) in [6.45, 7) is 12.0. The van der Waals surface area contributed by atoms with E-state index in [0.717, 1.165) is 51.4 Å². The predicted molar refractivity (Wildman–Crippen MR) is 158 cm³/mol. The number of halogens is 1. The highest BCUT2D eigenvalue weighted by molar-refractivity contribution is 6.31. The summed E-state index contributed by atoms with van der Waals surface area (Å²) in [7, 11) is 3.49. The number of hydrazine groups is 1. The van der Waals surface area contributed by atoms with Gasteiger partial charge in [0.2, 0.25) is 0 Å². The third-order valence-corrected chi connectivity index (χ3v) is 7.91. The number of hydrogen-bond donors (Lipinski definition) is 3.